The van der Waals surface area contributed by atoms with Crippen LogP contribution in [0, 0.1) is 0 Å². The molecule has 1 aliphatic rings. The SMILES string of the molecule is CC(=O)Oc1c(C2CC2)cnc2ccccc12. The van der Waals surface area contributed by atoms with Gasteiger partial charge in [-0.05, 0) is 30.9 Å². The molecule has 3 rings (SSSR count). The summed E-state index contributed by atoms with van der Waals surface area (Å²) in [5.74, 6) is 0.940. The Labute approximate surface area is 99.4 Å². The third-order valence-electron chi connectivity index (χ3n) is 3.02. The zero-order chi connectivity index (χ0) is 11.8. The molecule has 2 aromatic rings. The van der Waals surface area contributed by atoms with Crippen molar-refractivity contribution in [2.24, 2.45) is 0 Å². The van der Waals surface area contributed by atoms with Crippen LogP contribution in [-0.2, 0) is 4.79 Å². The third-order valence-corrected chi connectivity index (χ3v) is 3.02. The third kappa shape index (κ3) is 1.88. The van der Waals surface area contributed by atoms with E-state index in [4.69, 9.17) is 4.74 Å². The zero-order valence-electron chi connectivity index (χ0n) is 9.64. The lowest BCUT2D eigenvalue weighted by atomic mass is 10.1. The number of para-hydroxylation sites is 1. The van der Waals surface area contributed by atoms with Crippen LogP contribution in [0.1, 0.15) is 31.2 Å². The number of benzene rings is 1. The molecule has 1 aromatic heterocycles. The standard InChI is InChI=1S/C14H13NO2/c1-9(16)17-14-11-4-2-3-5-13(11)15-8-12(14)10-6-7-10/h2-5,8,10H,6-7H2,1H3. The minimum Gasteiger partial charge on any atom is -0.426 e. The molecule has 0 spiro atoms. The van der Waals surface area contributed by atoms with E-state index in [1.165, 1.54) is 6.92 Å². The Hall–Kier alpha value is -1.90. The molecule has 0 saturated heterocycles. The summed E-state index contributed by atoms with van der Waals surface area (Å²) >= 11 is 0. The van der Waals surface area contributed by atoms with E-state index in [0.717, 1.165) is 29.3 Å². The molecule has 0 amide bonds. The molecule has 0 bridgehead atoms. The number of rotatable bonds is 2. The van der Waals surface area contributed by atoms with Gasteiger partial charge in [-0.2, -0.15) is 0 Å². The van der Waals surface area contributed by atoms with Gasteiger partial charge in [0, 0.05) is 24.1 Å². The van der Waals surface area contributed by atoms with Crippen LogP contribution >= 0.6 is 0 Å². The minimum atomic E-state index is -0.275. The topological polar surface area (TPSA) is 39.2 Å². The van der Waals surface area contributed by atoms with Gasteiger partial charge >= 0.3 is 5.97 Å². The first kappa shape index (κ1) is 10.3. The number of fused-ring (bicyclic) bond motifs is 1. The lowest BCUT2D eigenvalue weighted by Gasteiger charge is -2.10. The van der Waals surface area contributed by atoms with Crippen LogP contribution in [0.5, 0.6) is 5.75 Å². The van der Waals surface area contributed by atoms with Crippen LogP contribution in [0.15, 0.2) is 30.5 Å². The van der Waals surface area contributed by atoms with Crippen molar-refractivity contribution in [3.8, 4) is 5.75 Å². The van der Waals surface area contributed by atoms with Crippen molar-refractivity contribution in [1.82, 2.24) is 4.98 Å². The number of ether oxygens (including phenoxy) is 1. The first-order chi connectivity index (χ1) is 8.25. The molecule has 1 saturated carbocycles. The number of esters is 1. The van der Waals surface area contributed by atoms with Crippen molar-refractivity contribution >= 4 is 16.9 Å². The maximum atomic E-state index is 11.2. The summed E-state index contributed by atoms with van der Waals surface area (Å²) < 4.78 is 5.38. The molecule has 17 heavy (non-hydrogen) atoms. The van der Waals surface area contributed by atoms with E-state index in [-0.39, 0.29) is 5.97 Å². The fourth-order valence-electron chi connectivity index (χ4n) is 2.07. The van der Waals surface area contributed by atoms with Gasteiger partial charge in [0.1, 0.15) is 5.75 Å². The molecule has 3 nitrogen and oxygen atoms in total. The summed E-state index contributed by atoms with van der Waals surface area (Å²) in [5.41, 5.74) is 1.94. The Morgan fingerprint density at radius 1 is 1.35 bits per heavy atom. The van der Waals surface area contributed by atoms with Crippen LogP contribution in [0.2, 0.25) is 0 Å². The quantitative estimate of drug-likeness (QED) is 0.740. The lowest BCUT2D eigenvalue weighted by molar-refractivity contribution is -0.131. The number of carbonyl (C=O) groups excluding carboxylic acids is 1. The largest absolute Gasteiger partial charge is 0.426 e. The van der Waals surface area contributed by atoms with E-state index in [1.54, 1.807) is 0 Å². The molecule has 0 atom stereocenters. The summed E-state index contributed by atoms with van der Waals surface area (Å²) in [4.78, 5) is 15.6. The highest BCUT2D eigenvalue weighted by Gasteiger charge is 2.28. The second-order valence-corrected chi connectivity index (χ2v) is 4.43. The monoisotopic (exact) mass is 227 g/mol. The molecule has 0 unspecified atom stereocenters. The molecule has 3 heteroatoms. The Kier molecular flexibility index (Phi) is 2.32. The second-order valence-electron chi connectivity index (χ2n) is 4.43. The maximum Gasteiger partial charge on any atom is 0.308 e. The van der Waals surface area contributed by atoms with Gasteiger partial charge in [-0.1, -0.05) is 12.1 Å². The van der Waals surface area contributed by atoms with Gasteiger partial charge in [0.25, 0.3) is 0 Å². The average Bonchev–Trinajstić information content (AvgIpc) is 3.13. The van der Waals surface area contributed by atoms with Gasteiger partial charge < -0.3 is 4.74 Å². The van der Waals surface area contributed by atoms with E-state index in [9.17, 15) is 4.79 Å². The number of pyridine rings is 1. The number of carbonyl (C=O) groups is 1. The number of hydrogen-bond donors (Lipinski definition) is 0. The molecule has 0 radical (unpaired) electrons. The molecular formula is C14H13NO2. The first-order valence-corrected chi connectivity index (χ1v) is 5.82. The van der Waals surface area contributed by atoms with E-state index < -0.39 is 0 Å². The van der Waals surface area contributed by atoms with Crippen molar-refractivity contribution in [3.05, 3.63) is 36.0 Å². The summed E-state index contributed by atoms with van der Waals surface area (Å²) in [6, 6.07) is 7.75. The second kappa shape index (κ2) is 3.84. The van der Waals surface area contributed by atoms with Crippen molar-refractivity contribution in [1.29, 1.82) is 0 Å². The number of aromatic nitrogens is 1. The summed E-state index contributed by atoms with van der Waals surface area (Å²) in [6.45, 7) is 1.44. The predicted octanol–water partition coefficient (Wildman–Crippen LogP) is 3.04. The van der Waals surface area contributed by atoms with Crippen LogP contribution in [-0.4, -0.2) is 11.0 Å². The highest BCUT2D eigenvalue weighted by Crippen LogP contribution is 2.46. The van der Waals surface area contributed by atoms with E-state index in [1.807, 2.05) is 30.5 Å². The van der Waals surface area contributed by atoms with Crippen LogP contribution in [0.3, 0.4) is 0 Å². The summed E-state index contributed by atoms with van der Waals surface area (Å²) in [6.07, 6.45) is 4.17. The van der Waals surface area contributed by atoms with Crippen molar-refractivity contribution in [2.75, 3.05) is 0 Å². The van der Waals surface area contributed by atoms with Gasteiger partial charge in [-0.15, -0.1) is 0 Å². The van der Waals surface area contributed by atoms with E-state index in [2.05, 4.69) is 4.98 Å². The fraction of sp³-hybridized carbons (Fsp3) is 0.286. The summed E-state index contributed by atoms with van der Waals surface area (Å²) in [5, 5.41) is 0.923. The molecule has 1 aliphatic carbocycles. The minimum absolute atomic E-state index is 0.275. The maximum absolute atomic E-state index is 11.2. The Balaban J connectivity index is 2.22. The molecule has 0 aliphatic heterocycles. The molecule has 1 heterocycles. The van der Waals surface area contributed by atoms with Gasteiger partial charge in [0.05, 0.1) is 5.52 Å². The highest BCUT2D eigenvalue weighted by atomic mass is 16.5. The first-order valence-electron chi connectivity index (χ1n) is 5.82. The van der Waals surface area contributed by atoms with Crippen molar-refractivity contribution in [3.63, 3.8) is 0 Å². The normalized spacial score (nSPS) is 14.9. The van der Waals surface area contributed by atoms with Crippen LogP contribution in [0.4, 0.5) is 0 Å². The van der Waals surface area contributed by atoms with Crippen LogP contribution in [0.25, 0.3) is 10.9 Å². The van der Waals surface area contributed by atoms with Crippen LogP contribution < -0.4 is 4.74 Å². The fourth-order valence-corrected chi connectivity index (χ4v) is 2.07. The van der Waals surface area contributed by atoms with Gasteiger partial charge in [0.15, 0.2) is 0 Å². The molecule has 1 fully saturated rings. The Morgan fingerprint density at radius 2 is 2.12 bits per heavy atom. The number of nitrogens with zero attached hydrogens (tertiary/aromatic N) is 1. The van der Waals surface area contributed by atoms with Gasteiger partial charge in [-0.25, -0.2) is 0 Å². The van der Waals surface area contributed by atoms with Crippen molar-refractivity contribution < 1.29 is 9.53 Å². The molecular weight excluding hydrogens is 214 g/mol. The van der Waals surface area contributed by atoms with Gasteiger partial charge in [-0.3, -0.25) is 9.78 Å². The van der Waals surface area contributed by atoms with E-state index >= 15 is 0 Å². The average molecular weight is 227 g/mol. The molecule has 86 valence electrons. The molecule has 1 aromatic carbocycles. The molecule has 0 N–H and O–H groups in total. The van der Waals surface area contributed by atoms with E-state index in [0.29, 0.717) is 11.7 Å². The number of hydrogen-bond acceptors (Lipinski definition) is 3. The summed E-state index contributed by atoms with van der Waals surface area (Å²) in [7, 11) is 0. The lowest BCUT2D eigenvalue weighted by Crippen LogP contribution is -2.05. The highest BCUT2D eigenvalue weighted by molar-refractivity contribution is 5.88. The van der Waals surface area contributed by atoms with Crippen molar-refractivity contribution in [2.45, 2.75) is 25.7 Å². The predicted molar refractivity (Wildman–Crippen MR) is 65.0 cm³/mol. The van der Waals surface area contributed by atoms with Gasteiger partial charge in [0.2, 0.25) is 0 Å². The smallest absolute Gasteiger partial charge is 0.308 e. The zero-order valence-corrected chi connectivity index (χ0v) is 9.64. The Bertz CT molecular complexity index is 588. The Morgan fingerprint density at radius 3 is 2.82 bits per heavy atom.